The number of halogens is 3. The molecule has 2 aromatic rings. The number of anilines is 1. The third kappa shape index (κ3) is 2.97. The molecule has 3 heterocycles. The van der Waals surface area contributed by atoms with Crippen molar-refractivity contribution in [1.29, 1.82) is 0 Å². The van der Waals surface area contributed by atoms with E-state index in [4.69, 9.17) is 4.74 Å². The van der Waals surface area contributed by atoms with Crippen LogP contribution < -0.4 is 5.32 Å². The molecule has 0 spiro atoms. The number of rotatable bonds is 1. The topological polar surface area (TPSA) is 47.0 Å². The van der Waals surface area contributed by atoms with Gasteiger partial charge in [-0.15, -0.1) is 0 Å². The predicted molar refractivity (Wildman–Crippen MR) is 70.6 cm³/mol. The lowest BCUT2D eigenvalue weighted by molar-refractivity contribution is -0.137. The number of nitrogens with one attached hydrogen (secondary N) is 1. The summed E-state index contributed by atoms with van der Waals surface area (Å²) < 4.78 is 43.6. The predicted octanol–water partition coefficient (Wildman–Crippen LogP) is 3.10. The molecule has 0 radical (unpaired) electrons. The van der Waals surface area contributed by atoms with E-state index in [1.54, 1.807) is 6.07 Å². The normalized spacial score (nSPS) is 15.0. The van der Waals surface area contributed by atoms with Gasteiger partial charge in [-0.05, 0) is 12.1 Å². The van der Waals surface area contributed by atoms with Gasteiger partial charge in [-0.3, -0.25) is 4.98 Å². The van der Waals surface area contributed by atoms with Crippen molar-refractivity contribution in [3.8, 4) is 11.1 Å². The van der Waals surface area contributed by atoms with Crippen molar-refractivity contribution in [3.05, 3.63) is 41.9 Å². The SMILES string of the molecule is FC(F)(F)c1cncc(-c2cnc3c(c2)COCCN3)c1. The molecule has 0 aliphatic carbocycles. The Hall–Kier alpha value is -2.15. The lowest BCUT2D eigenvalue weighted by atomic mass is 10.1. The van der Waals surface area contributed by atoms with Crippen molar-refractivity contribution in [2.75, 3.05) is 18.5 Å². The van der Waals surface area contributed by atoms with E-state index in [0.717, 1.165) is 17.8 Å². The lowest BCUT2D eigenvalue weighted by Gasteiger charge is -2.10. The Morgan fingerprint density at radius 1 is 1.10 bits per heavy atom. The molecule has 3 rings (SSSR count). The molecule has 4 nitrogen and oxygen atoms in total. The van der Waals surface area contributed by atoms with Crippen LogP contribution in [0.2, 0.25) is 0 Å². The smallest absolute Gasteiger partial charge is 0.375 e. The Kier molecular flexibility index (Phi) is 3.50. The molecule has 2 aromatic heterocycles. The standard InChI is InChI=1S/C14H12F3N3O/c15-14(16,17)12-4-10(5-18-7-12)9-3-11-8-21-2-1-19-13(11)20-6-9/h3-7H,1-2,8H2,(H,19,20). The molecule has 0 bridgehead atoms. The number of fused-ring (bicyclic) bond motifs is 1. The molecule has 0 unspecified atom stereocenters. The monoisotopic (exact) mass is 295 g/mol. The molecule has 110 valence electrons. The minimum Gasteiger partial charge on any atom is -0.375 e. The Morgan fingerprint density at radius 2 is 1.90 bits per heavy atom. The number of aromatic nitrogens is 2. The van der Waals surface area contributed by atoms with Crippen molar-refractivity contribution in [1.82, 2.24) is 9.97 Å². The van der Waals surface area contributed by atoms with Crippen LogP contribution in [0.5, 0.6) is 0 Å². The first kappa shape index (κ1) is 13.8. The van der Waals surface area contributed by atoms with Crippen LogP contribution in [0.25, 0.3) is 11.1 Å². The van der Waals surface area contributed by atoms with Crippen LogP contribution >= 0.6 is 0 Å². The number of hydrogen-bond donors (Lipinski definition) is 1. The van der Waals surface area contributed by atoms with E-state index in [0.29, 0.717) is 36.7 Å². The Balaban J connectivity index is 1.99. The highest BCUT2D eigenvalue weighted by Crippen LogP contribution is 2.32. The van der Waals surface area contributed by atoms with E-state index in [9.17, 15) is 13.2 Å². The molecule has 0 aromatic carbocycles. The van der Waals surface area contributed by atoms with E-state index in [2.05, 4.69) is 15.3 Å². The van der Waals surface area contributed by atoms with E-state index < -0.39 is 11.7 Å². The first-order valence-corrected chi connectivity index (χ1v) is 6.37. The van der Waals surface area contributed by atoms with Crippen molar-refractivity contribution in [2.24, 2.45) is 0 Å². The van der Waals surface area contributed by atoms with Crippen LogP contribution in [0, 0.1) is 0 Å². The second-order valence-electron chi connectivity index (χ2n) is 4.67. The van der Waals surface area contributed by atoms with Gasteiger partial charge >= 0.3 is 6.18 Å². The summed E-state index contributed by atoms with van der Waals surface area (Å²) in [6, 6.07) is 2.85. The molecule has 21 heavy (non-hydrogen) atoms. The maximum absolute atomic E-state index is 12.7. The van der Waals surface area contributed by atoms with Crippen LogP contribution in [-0.4, -0.2) is 23.1 Å². The summed E-state index contributed by atoms with van der Waals surface area (Å²) in [6.07, 6.45) is -0.671. The summed E-state index contributed by atoms with van der Waals surface area (Å²) in [5.74, 6) is 0.705. The molecule has 1 aliphatic rings. The van der Waals surface area contributed by atoms with Crippen molar-refractivity contribution < 1.29 is 17.9 Å². The molecule has 1 aliphatic heterocycles. The highest BCUT2D eigenvalue weighted by molar-refractivity contribution is 5.65. The van der Waals surface area contributed by atoms with Crippen LogP contribution in [0.15, 0.2) is 30.7 Å². The van der Waals surface area contributed by atoms with E-state index >= 15 is 0 Å². The fourth-order valence-electron chi connectivity index (χ4n) is 2.11. The van der Waals surface area contributed by atoms with Gasteiger partial charge in [-0.2, -0.15) is 13.2 Å². The molecule has 0 amide bonds. The maximum Gasteiger partial charge on any atom is 0.417 e. The number of alkyl halides is 3. The van der Waals surface area contributed by atoms with Gasteiger partial charge in [-0.1, -0.05) is 0 Å². The zero-order valence-corrected chi connectivity index (χ0v) is 10.9. The molecule has 1 N–H and O–H groups in total. The average Bonchev–Trinajstić information content (AvgIpc) is 2.71. The minimum absolute atomic E-state index is 0.379. The second kappa shape index (κ2) is 5.33. The Morgan fingerprint density at radius 3 is 2.71 bits per heavy atom. The number of hydrogen-bond acceptors (Lipinski definition) is 4. The van der Waals surface area contributed by atoms with E-state index in [1.165, 1.54) is 12.4 Å². The third-order valence-corrected chi connectivity index (χ3v) is 3.16. The summed E-state index contributed by atoms with van der Waals surface area (Å²) in [6.45, 7) is 1.61. The highest BCUT2D eigenvalue weighted by Gasteiger charge is 2.31. The van der Waals surface area contributed by atoms with E-state index in [-0.39, 0.29) is 0 Å². The zero-order valence-electron chi connectivity index (χ0n) is 10.9. The Bertz CT molecular complexity index is 658. The van der Waals surface area contributed by atoms with Gasteiger partial charge in [0.25, 0.3) is 0 Å². The Labute approximate surface area is 119 Å². The number of nitrogens with zero attached hydrogens (tertiary/aromatic N) is 2. The van der Waals surface area contributed by atoms with E-state index in [1.807, 2.05) is 0 Å². The van der Waals surface area contributed by atoms with Crippen LogP contribution in [0.4, 0.5) is 19.0 Å². The van der Waals surface area contributed by atoms with Crippen LogP contribution in [-0.2, 0) is 17.5 Å². The third-order valence-electron chi connectivity index (χ3n) is 3.16. The molecule has 0 atom stereocenters. The van der Waals surface area contributed by atoms with Gasteiger partial charge in [0.1, 0.15) is 5.82 Å². The first-order chi connectivity index (χ1) is 10.0. The van der Waals surface area contributed by atoms with Gasteiger partial charge in [0.2, 0.25) is 0 Å². The molecular weight excluding hydrogens is 283 g/mol. The summed E-state index contributed by atoms with van der Waals surface area (Å²) in [5, 5.41) is 3.11. The highest BCUT2D eigenvalue weighted by atomic mass is 19.4. The summed E-state index contributed by atoms with van der Waals surface area (Å²) >= 11 is 0. The molecular formula is C14H12F3N3O. The number of ether oxygens (including phenoxy) is 1. The van der Waals surface area contributed by atoms with Gasteiger partial charge < -0.3 is 10.1 Å². The second-order valence-corrected chi connectivity index (χ2v) is 4.67. The fourth-order valence-corrected chi connectivity index (χ4v) is 2.11. The summed E-state index contributed by atoms with van der Waals surface area (Å²) in [7, 11) is 0. The molecule has 0 saturated carbocycles. The van der Waals surface area contributed by atoms with Crippen LogP contribution in [0.3, 0.4) is 0 Å². The molecule has 0 saturated heterocycles. The summed E-state index contributed by atoms with van der Waals surface area (Å²) in [4.78, 5) is 7.91. The van der Waals surface area contributed by atoms with Gasteiger partial charge in [0.05, 0.1) is 18.8 Å². The van der Waals surface area contributed by atoms with Crippen LogP contribution in [0.1, 0.15) is 11.1 Å². The average molecular weight is 295 g/mol. The van der Waals surface area contributed by atoms with Crippen molar-refractivity contribution in [2.45, 2.75) is 12.8 Å². The zero-order chi connectivity index (χ0) is 14.9. The molecule has 0 fully saturated rings. The fraction of sp³-hybridized carbons (Fsp3) is 0.286. The quantitative estimate of drug-likeness (QED) is 0.878. The van der Waals surface area contributed by atoms with Gasteiger partial charge in [0.15, 0.2) is 0 Å². The van der Waals surface area contributed by atoms with Crippen molar-refractivity contribution in [3.63, 3.8) is 0 Å². The first-order valence-electron chi connectivity index (χ1n) is 6.37. The van der Waals surface area contributed by atoms with Gasteiger partial charge in [0, 0.05) is 41.8 Å². The molecule has 7 heteroatoms. The lowest BCUT2D eigenvalue weighted by Crippen LogP contribution is -2.06. The largest absolute Gasteiger partial charge is 0.417 e. The number of pyridine rings is 2. The minimum atomic E-state index is -4.41. The maximum atomic E-state index is 12.7. The summed E-state index contributed by atoms with van der Waals surface area (Å²) in [5.41, 5.74) is 1.01. The van der Waals surface area contributed by atoms with Crippen molar-refractivity contribution >= 4 is 5.82 Å². The van der Waals surface area contributed by atoms with Gasteiger partial charge in [-0.25, -0.2) is 4.98 Å².